The molecule has 0 saturated carbocycles. The van der Waals surface area contributed by atoms with Crippen LogP contribution in [0.15, 0.2) is 59.8 Å². The van der Waals surface area contributed by atoms with E-state index in [1.165, 1.54) is 6.07 Å². The third-order valence-electron chi connectivity index (χ3n) is 6.91. The Morgan fingerprint density at radius 2 is 1.94 bits per heavy atom. The number of amides is 2. The summed E-state index contributed by atoms with van der Waals surface area (Å²) in [5.41, 5.74) is 2.46. The average Bonchev–Trinajstić information content (AvgIpc) is 3.35. The van der Waals surface area contributed by atoms with Crippen LogP contribution in [0.25, 0.3) is 5.69 Å². The van der Waals surface area contributed by atoms with Gasteiger partial charge in [0.25, 0.3) is 0 Å². The van der Waals surface area contributed by atoms with Gasteiger partial charge in [0.2, 0.25) is 11.8 Å². The first-order valence-corrected chi connectivity index (χ1v) is 13.9. The van der Waals surface area contributed by atoms with Gasteiger partial charge in [-0.05, 0) is 61.1 Å². The van der Waals surface area contributed by atoms with Crippen molar-refractivity contribution in [3.05, 3.63) is 66.2 Å². The number of sulfone groups is 1. The number of carbonyl (C=O) groups is 2. The molecule has 9 nitrogen and oxygen atoms in total. The zero-order valence-corrected chi connectivity index (χ0v) is 20.8. The van der Waals surface area contributed by atoms with Crippen molar-refractivity contribution in [3.8, 4) is 5.69 Å². The molecule has 1 unspecified atom stereocenters. The van der Waals surface area contributed by atoms with Crippen molar-refractivity contribution in [1.82, 2.24) is 19.7 Å². The Balaban J connectivity index is 1.19. The van der Waals surface area contributed by atoms with E-state index in [4.69, 9.17) is 0 Å². The number of likely N-dealkylation sites (tertiary alicyclic amines) is 1. The molecule has 188 valence electrons. The molecule has 36 heavy (non-hydrogen) atoms. The van der Waals surface area contributed by atoms with Crippen LogP contribution in [0.2, 0.25) is 0 Å². The SMILES string of the molecule is O=C1CCc2cc(S(=O)(=O)CCC(=O)N3CCCC(Cc4nncn4-c4ccccc4)C3)ccc2N1. The van der Waals surface area contributed by atoms with Gasteiger partial charge in [-0.1, -0.05) is 18.2 Å². The van der Waals surface area contributed by atoms with Gasteiger partial charge < -0.3 is 10.2 Å². The topological polar surface area (TPSA) is 114 Å². The molecular weight excluding hydrogens is 478 g/mol. The summed E-state index contributed by atoms with van der Waals surface area (Å²) < 4.78 is 27.9. The molecule has 10 heteroatoms. The van der Waals surface area contributed by atoms with Gasteiger partial charge in [-0.25, -0.2) is 8.42 Å². The van der Waals surface area contributed by atoms with Crippen LogP contribution in [0, 0.1) is 5.92 Å². The lowest BCUT2D eigenvalue weighted by Gasteiger charge is -2.32. The Morgan fingerprint density at radius 1 is 1.11 bits per heavy atom. The highest BCUT2D eigenvalue weighted by Gasteiger charge is 2.27. The quantitative estimate of drug-likeness (QED) is 0.526. The van der Waals surface area contributed by atoms with Gasteiger partial charge in [-0.15, -0.1) is 10.2 Å². The number of para-hydroxylation sites is 1. The Morgan fingerprint density at radius 3 is 2.78 bits per heavy atom. The largest absolute Gasteiger partial charge is 0.342 e. The Bertz CT molecular complexity index is 1370. The van der Waals surface area contributed by atoms with E-state index >= 15 is 0 Å². The smallest absolute Gasteiger partial charge is 0.224 e. The predicted octanol–water partition coefficient (Wildman–Crippen LogP) is 2.80. The molecule has 1 saturated heterocycles. The van der Waals surface area contributed by atoms with Crippen molar-refractivity contribution in [2.75, 3.05) is 24.2 Å². The number of carbonyl (C=O) groups excluding carboxylic acids is 2. The number of piperidine rings is 1. The van der Waals surface area contributed by atoms with Crippen LogP contribution >= 0.6 is 0 Å². The number of rotatable bonds is 7. The highest BCUT2D eigenvalue weighted by molar-refractivity contribution is 7.91. The molecule has 0 spiro atoms. The molecule has 2 aliphatic rings. The second-order valence-electron chi connectivity index (χ2n) is 9.44. The lowest BCUT2D eigenvalue weighted by Crippen LogP contribution is -2.41. The third kappa shape index (κ3) is 5.33. The number of benzene rings is 2. The number of nitrogens with zero attached hydrogens (tertiary/aromatic N) is 4. The maximum absolute atomic E-state index is 13.0. The molecule has 0 radical (unpaired) electrons. The summed E-state index contributed by atoms with van der Waals surface area (Å²) in [6, 6.07) is 14.7. The Kier molecular flexibility index (Phi) is 6.86. The van der Waals surface area contributed by atoms with Crippen LogP contribution in [0.5, 0.6) is 0 Å². The number of anilines is 1. The molecule has 2 amide bonds. The van der Waals surface area contributed by atoms with E-state index in [0.29, 0.717) is 38.0 Å². The maximum Gasteiger partial charge on any atom is 0.224 e. The average molecular weight is 508 g/mol. The second-order valence-corrected chi connectivity index (χ2v) is 11.6. The predicted molar refractivity (Wildman–Crippen MR) is 134 cm³/mol. The Hall–Kier alpha value is -3.53. The first-order valence-electron chi connectivity index (χ1n) is 12.3. The van der Waals surface area contributed by atoms with Gasteiger partial charge in [0.05, 0.1) is 10.6 Å². The van der Waals surface area contributed by atoms with E-state index in [9.17, 15) is 18.0 Å². The van der Waals surface area contributed by atoms with Gasteiger partial charge in [0.1, 0.15) is 12.2 Å². The minimum absolute atomic E-state index is 0.0525. The van der Waals surface area contributed by atoms with Crippen molar-refractivity contribution >= 4 is 27.3 Å². The van der Waals surface area contributed by atoms with Gasteiger partial charge in [-0.2, -0.15) is 0 Å². The van der Waals surface area contributed by atoms with E-state index in [0.717, 1.165) is 29.9 Å². The molecule has 1 atom stereocenters. The summed E-state index contributed by atoms with van der Waals surface area (Å²) in [7, 11) is -3.61. The van der Waals surface area contributed by atoms with Gasteiger partial charge in [0, 0.05) is 43.7 Å². The lowest BCUT2D eigenvalue weighted by molar-refractivity contribution is -0.132. The van der Waals surface area contributed by atoms with Crippen molar-refractivity contribution in [1.29, 1.82) is 0 Å². The number of hydrogen-bond acceptors (Lipinski definition) is 6. The summed E-state index contributed by atoms with van der Waals surface area (Å²) >= 11 is 0. The summed E-state index contributed by atoms with van der Waals surface area (Å²) in [5.74, 6) is 0.649. The Labute approximate surface area is 210 Å². The van der Waals surface area contributed by atoms with Crippen LogP contribution in [0.4, 0.5) is 5.69 Å². The van der Waals surface area contributed by atoms with Crippen LogP contribution in [-0.4, -0.2) is 58.7 Å². The molecule has 3 aromatic rings. The normalized spacial score (nSPS) is 17.9. The van der Waals surface area contributed by atoms with Crippen LogP contribution in [-0.2, 0) is 32.3 Å². The van der Waals surface area contributed by atoms with Gasteiger partial charge in [-0.3, -0.25) is 14.2 Å². The fourth-order valence-corrected chi connectivity index (χ4v) is 6.25. The second kappa shape index (κ2) is 10.2. The van der Waals surface area contributed by atoms with Crippen molar-refractivity contribution in [3.63, 3.8) is 0 Å². The van der Waals surface area contributed by atoms with Crippen molar-refractivity contribution in [2.24, 2.45) is 5.92 Å². The summed E-state index contributed by atoms with van der Waals surface area (Å²) in [4.78, 5) is 26.5. The molecule has 1 fully saturated rings. The highest BCUT2D eigenvalue weighted by atomic mass is 32.2. The molecule has 3 heterocycles. The van der Waals surface area contributed by atoms with E-state index in [1.807, 2.05) is 34.9 Å². The fourth-order valence-electron chi connectivity index (χ4n) is 4.97. The number of fused-ring (bicyclic) bond motifs is 1. The number of aromatic nitrogens is 3. The summed E-state index contributed by atoms with van der Waals surface area (Å²) in [5, 5.41) is 11.1. The van der Waals surface area contributed by atoms with Gasteiger partial charge >= 0.3 is 0 Å². The molecule has 2 aliphatic heterocycles. The molecular formula is C26H29N5O4S. The zero-order chi connectivity index (χ0) is 25.1. The standard InChI is InChI=1S/C26H29N5O4S/c32-25-11-8-20-16-22(9-10-23(20)28-25)36(34,35)14-12-26(33)30-13-4-5-19(17-30)15-24-29-27-18-31(24)21-6-2-1-3-7-21/h1-3,6-7,9-10,16,18-19H,4-5,8,11-15,17H2,(H,28,32). The van der Waals surface area contributed by atoms with E-state index < -0.39 is 9.84 Å². The minimum Gasteiger partial charge on any atom is -0.342 e. The molecule has 2 aromatic carbocycles. The monoisotopic (exact) mass is 507 g/mol. The lowest BCUT2D eigenvalue weighted by atomic mass is 9.94. The van der Waals surface area contributed by atoms with E-state index in [-0.39, 0.29) is 34.8 Å². The highest BCUT2D eigenvalue weighted by Crippen LogP contribution is 2.27. The van der Waals surface area contributed by atoms with Gasteiger partial charge in [0.15, 0.2) is 9.84 Å². The summed E-state index contributed by atoms with van der Waals surface area (Å²) in [6.45, 7) is 1.22. The summed E-state index contributed by atoms with van der Waals surface area (Å²) in [6.07, 6.45) is 5.06. The van der Waals surface area contributed by atoms with E-state index in [2.05, 4.69) is 15.5 Å². The number of nitrogens with one attached hydrogen (secondary N) is 1. The molecule has 0 bridgehead atoms. The van der Waals surface area contributed by atoms with E-state index in [1.54, 1.807) is 23.4 Å². The molecule has 5 rings (SSSR count). The molecule has 1 N–H and O–H groups in total. The molecule has 0 aliphatic carbocycles. The fraction of sp³-hybridized carbons (Fsp3) is 0.385. The first kappa shape index (κ1) is 24.2. The van der Waals surface area contributed by atoms with Crippen LogP contribution in [0.1, 0.15) is 37.1 Å². The van der Waals surface area contributed by atoms with Crippen LogP contribution in [0.3, 0.4) is 0 Å². The zero-order valence-electron chi connectivity index (χ0n) is 20.0. The first-order chi connectivity index (χ1) is 17.4. The molecule has 1 aromatic heterocycles. The third-order valence-corrected chi connectivity index (χ3v) is 8.63. The van der Waals surface area contributed by atoms with Crippen LogP contribution < -0.4 is 5.32 Å². The minimum atomic E-state index is -3.61. The number of aryl methyl sites for hydroxylation is 1. The van der Waals surface area contributed by atoms with Crippen molar-refractivity contribution < 1.29 is 18.0 Å². The van der Waals surface area contributed by atoms with Crippen molar-refractivity contribution in [2.45, 2.75) is 43.4 Å². The maximum atomic E-state index is 13.0. The number of hydrogen-bond donors (Lipinski definition) is 1.